The number of benzene rings is 1. The summed E-state index contributed by atoms with van der Waals surface area (Å²) in [6, 6.07) is 6.51. The number of hydrogen-bond acceptors (Lipinski definition) is 8. The van der Waals surface area contributed by atoms with Crippen LogP contribution in [0.15, 0.2) is 23.7 Å². The van der Waals surface area contributed by atoms with E-state index in [-0.39, 0.29) is 36.8 Å². The second-order valence-corrected chi connectivity index (χ2v) is 7.40. The molecule has 0 aliphatic carbocycles. The van der Waals surface area contributed by atoms with Crippen molar-refractivity contribution in [3.05, 3.63) is 50.0 Å². The standard InChI is InChI=1S/C19H21N4O5S.ClH/c1-14-18(29-13-22(14)6-5-20)4-9-28-19(24)15-2-3-16(17(12-15)23(25)26)21-7-10-27-11-8-21;/h2-3,12-13H,4,6-11H2,1H3;1H/q+1;/p-1. The first-order chi connectivity index (χ1) is 14.0. The molecule has 1 aliphatic heterocycles. The average Bonchev–Trinajstić information content (AvgIpc) is 3.08. The molecule has 0 bridgehead atoms. The van der Waals surface area contributed by atoms with Gasteiger partial charge in [-0.15, -0.1) is 0 Å². The molecule has 1 aromatic carbocycles. The largest absolute Gasteiger partial charge is 1.00 e. The molecule has 0 radical (unpaired) electrons. The van der Waals surface area contributed by atoms with Crippen molar-refractivity contribution >= 4 is 28.7 Å². The highest BCUT2D eigenvalue weighted by atomic mass is 35.5. The van der Waals surface area contributed by atoms with Gasteiger partial charge in [0, 0.05) is 32.5 Å². The van der Waals surface area contributed by atoms with Gasteiger partial charge in [0.15, 0.2) is 5.69 Å². The molecule has 1 saturated heterocycles. The summed E-state index contributed by atoms with van der Waals surface area (Å²) >= 11 is 1.50. The highest BCUT2D eigenvalue weighted by molar-refractivity contribution is 7.09. The van der Waals surface area contributed by atoms with Crippen molar-refractivity contribution in [2.45, 2.75) is 19.9 Å². The molecule has 1 fully saturated rings. The zero-order valence-corrected chi connectivity index (χ0v) is 17.9. The Bertz CT molecular complexity index is 953. The van der Waals surface area contributed by atoms with Crippen molar-refractivity contribution in [1.82, 2.24) is 0 Å². The minimum atomic E-state index is -0.597. The van der Waals surface area contributed by atoms with Crippen LogP contribution in [0.4, 0.5) is 11.4 Å². The lowest BCUT2D eigenvalue weighted by Crippen LogP contribution is -3.00. The van der Waals surface area contributed by atoms with Gasteiger partial charge in [0.05, 0.1) is 35.2 Å². The van der Waals surface area contributed by atoms with E-state index in [0.717, 1.165) is 10.6 Å². The van der Waals surface area contributed by atoms with Crippen LogP contribution >= 0.6 is 11.3 Å². The summed E-state index contributed by atoms with van der Waals surface area (Å²) in [5, 5.41) is 20.3. The van der Waals surface area contributed by atoms with E-state index in [1.807, 2.05) is 21.9 Å². The van der Waals surface area contributed by atoms with Gasteiger partial charge in [-0.2, -0.15) is 9.83 Å². The van der Waals surface area contributed by atoms with Gasteiger partial charge in [-0.05, 0) is 12.1 Å². The molecule has 0 N–H and O–H groups in total. The molecular formula is C19H21ClN4O5S. The number of hydrogen-bond donors (Lipinski definition) is 0. The van der Waals surface area contributed by atoms with E-state index in [1.165, 1.54) is 17.4 Å². The lowest BCUT2D eigenvalue weighted by Gasteiger charge is -2.28. The Morgan fingerprint density at radius 3 is 2.83 bits per heavy atom. The molecule has 1 aromatic heterocycles. The number of anilines is 1. The maximum Gasteiger partial charge on any atom is 0.338 e. The summed E-state index contributed by atoms with van der Waals surface area (Å²) in [4.78, 5) is 26.3. The van der Waals surface area contributed by atoms with Crippen molar-refractivity contribution < 1.29 is 36.2 Å². The average molecular weight is 453 g/mol. The number of halogens is 1. The minimum Gasteiger partial charge on any atom is -1.00 e. The lowest BCUT2D eigenvalue weighted by atomic mass is 10.1. The van der Waals surface area contributed by atoms with E-state index in [1.54, 1.807) is 12.1 Å². The molecule has 0 unspecified atom stereocenters. The third-order valence-corrected chi connectivity index (χ3v) is 5.86. The van der Waals surface area contributed by atoms with Gasteiger partial charge in [0.25, 0.3) is 5.69 Å². The fraction of sp³-hybridized carbons (Fsp3) is 0.421. The number of aromatic nitrogens is 1. The SMILES string of the molecule is Cc1c(CCOC(=O)c2ccc(N3CCOCC3)c([N+](=O)[O-])c2)sc[n+]1CC#N.[Cl-]. The van der Waals surface area contributed by atoms with Crippen LogP contribution in [-0.2, 0) is 22.4 Å². The van der Waals surface area contributed by atoms with Crippen LogP contribution in [0.5, 0.6) is 0 Å². The predicted octanol–water partition coefficient (Wildman–Crippen LogP) is -0.984. The van der Waals surface area contributed by atoms with Crippen molar-refractivity contribution in [2.75, 3.05) is 37.8 Å². The van der Waals surface area contributed by atoms with Gasteiger partial charge in [-0.3, -0.25) is 10.1 Å². The van der Waals surface area contributed by atoms with E-state index < -0.39 is 10.9 Å². The second-order valence-electron chi connectivity index (χ2n) is 6.46. The summed E-state index contributed by atoms with van der Waals surface area (Å²) in [6.45, 7) is 4.51. The molecule has 0 spiro atoms. The van der Waals surface area contributed by atoms with E-state index in [9.17, 15) is 14.9 Å². The topological polar surface area (TPSA) is 110 Å². The summed E-state index contributed by atoms with van der Waals surface area (Å²) in [5.74, 6) is -0.597. The molecule has 2 aromatic rings. The molecule has 160 valence electrons. The van der Waals surface area contributed by atoms with Crippen LogP contribution in [0, 0.1) is 28.4 Å². The number of thiazole rings is 1. The zero-order valence-electron chi connectivity index (χ0n) is 16.4. The first-order valence-electron chi connectivity index (χ1n) is 9.13. The van der Waals surface area contributed by atoms with E-state index >= 15 is 0 Å². The maximum absolute atomic E-state index is 12.4. The van der Waals surface area contributed by atoms with Crippen LogP contribution < -0.4 is 21.9 Å². The number of rotatable bonds is 7. The maximum atomic E-state index is 12.4. The minimum absolute atomic E-state index is 0. The molecule has 9 nitrogen and oxygen atoms in total. The van der Waals surface area contributed by atoms with Crippen molar-refractivity contribution in [3.8, 4) is 6.07 Å². The molecule has 1 aliphatic rings. The van der Waals surface area contributed by atoms with Gasteiger partial charge in [0.1, 0.15) is 11.8 Å². The van der Waals surface area contributed by atoms with E-state index in [4.69, 9.17) is 14.7 Å². The van der Waals surface area contributed by atoms with Gasteiger partial charge < -0.3 is 26.8 Å². The molecule has 0 atom stereocenters. The third kappa shape index (κ3) is 5.44. The van der Waals surface area contributed by atoms with Gasteiger partial charge in [0.2, 0.25) is 12.1 Å². The number of nitro groups is 1. The Hall–Kier alpha value is -2.74. The Balaban J connectivity index is 0.00000320. The van der Waals surface area contributed by atoms with Crippen molar-refractivity contribution in [2.24, 2.45) is 0 Å². The number of nitro benzene ring substituents is 1. The Morgan fingerprint density at radius 1 is 1.43 bits per heavy atom. The highest BCUT2D eigenvalue weighted by Gasteiger charge is 2.24. The number of esters is 1. The number of ether oxygens (including phenoxy) is 2. The van der Waals surface area contributed by atoms with Crippen molar-refractivity contribution in [1.29, 1.82) is 5.26 Å². The quantitative estimate of drug-likeness (QED) is 0.230. The van der Waals surface area contributed by atoms with Gasteiger partial charge >= 0.3 is 5.97 Å². The van der Waals surface area contributed by atoms with Gasteiger partial charge in [-0.25, -0.2) is 4.79 Å². The Morgan fingerprint density at radius 2 is 2.17 bits per heavy atom. The van der Waals surface area contributed by atoms with Crippen LogP contribution in [0.2, 0.25) is 0 Å². The molecular weight excluding hydrogens is 432 g/mol. The summed E-state index contributed by atoms with van der Waals surface area (Å²) < 4.78 is 12.4. The Kier molecular flexibility index (Phi) is 8.53. The molecule has 30 heavy (non-hydrogen) atoms. The molecule has 11 heteroatoms. The number of carbonyl (C=O) groups is 1. The smallest absolute Gasteiger partial charge is 0.338 e. The fourth-order valence-corrected chi connectivity index (χ4v) is 4.09. The number of carbonyl (C=O) groups excluding carboxylic acids is 1. The second kappa shape index (κ2) is 10.9. The highest BCUT2D eigenvalue weighted by Crippen LogP contribution is 2.30. The predicted molar refractivity (Wildman–Crippen MR) is 105 cm³/mol. The zero-order chi connectivity index (χ0) is 20.8. The lowest BCUT2D eigenvalue weighted by molar-refractivity contribution is -0.686. The van der Waals surface area contributed by atoms with E-state index in [2.05, 4.69) is 6.07 Å². The molecule has 0 amide bonds. The van der Waals surface area contributed by atoms with Crippen LogP contribution in [-0.4, -0.2) is 43.8 Å². The summed E-state index contributed by atoms with van der Waals surface area (Å²) in [6.07, 6.45) is 0.522. The third-order valence-electron chi connectivity index (χ3n) is 4.72. The summed E-state index contributed by atoms with van der Waals surface area (Å²) in [7, 11) is 0. The summed E-state index contributed by atoms with van der Waals surface area (Å²) in [5.41, 5.74) is 3.34. The number of nitriles is 1. The molecule has 3 rings (SSSR count). The molecule has 2 heterocycles. The Labute approximate surface area is 184 Å². The number of nitrogens with zero attached hydrogens (tertiary/aromatic N) is 4. The normalized spacial score (nSPS) is 13.3. The van der Waals surface area contributed by atoms with Gasteiger partial charge in [-0.1, -0.05) is 11.3 Å². The fourth-order valence-electron chi connectivity index (χ4n) is 3.11. The van der Waals surface area contributed by atoms with Crippen LogP contribution in [0.3, 0.4) is 0 Å². The monoisotopic (exact) mass is 452 g/mol. The first kappa shape index (κ1) is 23.5. The van der Waals surface area contributed by atoms with E-state index in [0.29, 0.717) is 38.4 Å². The van der Waals surface area contributed by atoms with Crippen molar-refractivity contribution in [3.63, 3.8) is 0 Å². The first-order valence-corrected chi connectivity index (χ1v) is 10.0. The van der Waals surface area contributed by atoms with Crippen LogP contribution in [0.1, 0.15) is 20.9 Å². The number of morpholine rings is 1. The molecule has 0 saturated carbocycles. The van der Waals surface area contributed by atoms with Crippen LogP contribution in [0.25, 0.3) is 0 Å².